The number of hydrogen-bond acceptors (Lipinski definition) is 16. The van der Waals surface area contributed by atoms with Crippen LogP contribution in [0.5, 0.6) is 0 Å². The SMILES string of the molecule is CC(C)(C)C(=O)O.CC(C)C(=O)O.CC(C)C(=O)O.CC(C)C(=O)O.CCC(=O)O.CCC(C)(CO)C(=O)O.CCC(C)(N)C(=O)O.CCC(C)C(=O)O.CCC(N)C(=O)O.CCCC(=O)O.O=C(O)C1NCCC1O. The summed E-state index contributed by atoms with van der Waals surface area (Å²) in [5.74, 6) is -9.80. The standard InChI is InChI=1S/C6H12O3.C5H9NO3.C5H11NO2.2C5H10O2.C4H9NO2.4C4H8O2.C3H6O2/c1-3-6(2,4-7)5(8)9;7-3-1-2-6-4(3)5(8)9;1-3-5(2,6)4(7)8;1-5(2,3)4(6)7;1-3-4(2)5(6)7;1-2-3(5)4(6)7;3*1-3(2)4(5)6;1-2-3-4(5)6;1-2-3(4)5/h7H,3-4H2,1-2H3,(H,8,9);3-4,6-7H,1-2H2,(H,8,9);3,6H2,1-2H3,(H,7,8);1-3H3,(H,6,7);4H,3H2,1-2H3,(H,6,7);3H,2,5H2,1H3,(H,6,7);3*3H,1-2H3,(H,5,6);2-3H2,1H3,(H,5,6);2H2,1H3,(H,4,5). The predicted octanol–water partition coefficient (Wildman–Crippen LogP) is 5.05. The minimum Gasteiger partial charge on any atom is -0.481 e. The van der Waals surface area contributed by atoms with Crippen LogP contribution in [-0.2, 0) is 52.7 Å². The minimum atomic E-state index is -1.04. The van der Waals surface area contributed by atoms with Crippen LogP contribution in [-0.4, -0.2) is 169 Å². The van der Waals surface area contributed by atoms with Crippen LogP contribution in [0.15, 0.2) is 0 Å². The first-order valence-corrected chi connectivity index (χ1v) is 24.1. The molecular weight excluding hydrogens is 1010 g/mol. The lowest BCUT2D eigenvalue weighted by Crippen LogP contribution is -2.43. The van der Waals surface area contributed by atoms with E-state index in [1.54, 1.807) is 96.9 Å². The van der Waals surface area contributed by atoms with Crippen molar-refractivity contribution in [1.29, 1.82) is 0 Å². The number of carbonyl (C=O) groups is 11. The van der Waals surface area contributed by atoms with E-state index in [4.69, 9.17) is 77.9 Å². The number of rotatable bonds is 16. The van der Waals surface area contributed by atoms with Gasteiger partial charge in [0.1, 0.15) is 17.6 Å². The van der Waals surface area contributed by atoms with Gasteiger partial charge in [-0.05, 0) is 79.7 Å². The first kappa shape index (κ1) is 92.5. The van der Waals surface area contributed by atoms with Gasteiger partial charge in [0.15, 0.2) is 0 Å². The zero-order valence-electron chi connectivity index (χ0n) is 48.1. The normalized spacial score (nSPS) is 14.8. The topological polar surface area (TPSA) is 515 Å². The van der Waals surface area contributed by atoms with Crippen molar-refractivity contribution in [2.75, 3.05) is 13.2 Å². The molecule has 1 aliphatic heterocycles. The highest BCUT2D eigenvalue weighted by molar-refractivity contribution is 5.78. The number of hydrogen-bond donors (Lipinski definition) is 16. The van der Waals surface area contributed by atoms with Gasteiger partial charge in [0.05, 0.1) is 47.2 Å². The number of aliphatic hydroxyl groups excluding tert-OH is 2. The smallest absolute Gasteiger partial charge is 0.323 e. The zero-order chi connectivity index (χ0) is 63.7. The van der Waals surface area contributed by atoms with Crippen LogP contribution in [0.1, 0.15) is 176 Å². The predicted molar refractivity (Wildman–Crippen MR) is 282 cm³/mol. The van der Waals surface area contributed by atoms with Gasteiger partial charge in [0.25, 0.3) is 0 Å². The monoisotopic (exact) mass is 1110 g/mol. The number of aliphatic hydroxyl groups is 2. The summed E-state index contributed by atoms with van der Waals surface area (Å²) in [5.41, 5.74) is 7.71. The Labute approximate surface area is 448 Å². The maximum atomic E-state index is 10.3. The van der Waals surface area contributed by atoms with E-state index in [0.717, 1.165) is 12.8 Å². The molecule has 454 valence electrons. The molecule has 6 atom stereocenters. The summed E-state index contributed by atoms with van der Waals surface area (Å²) in [6.07, 6.45) is 3.21. The Morgan fingerprint density at radius 3 is 0.895 bits per heavy atom. The van der Waals surface area contributed by atoms with Gasteiger partial charge >= 0.3 is 65.7 Å². The van der Waals surface area contributed by atoms with Crippen molar-refractivity contribution in [2.45, 2.75) is 200 Å². The van der Waals surface area contributed by atoms with E-state index < -0.39 is 100 Å². The van der Waals surface area contributed by atoms with Gasteiger partial charge in [0.2, 0.25) is 0 Å². The third kappa shape index (κ3) is 74.5. The highest BCUT2D eigenvalue weighted by atomic mass is 16.4. The third-order valence-electron chi connectivity index (χ3n) is 9.00. The van der Waals surface area contributed by atoms with Gasteiger partial charge in [-0.15, -0.1) is 0 Å². The van der Waals surface area contributed by atoms with Gasteiger partial charge in [-0.25, -0.2) is 0 Å². The first-order valence-electron chi connectivity index (χ1n) is 24.1. The molecule has 6 unspecified atom stereocenters. The molecule has 0 amide bonds. The lowest BCUT2D eigenvalue weighted by molar-refractivity contribution is -0.150. The molecule has 1 heterocycles. The van der Waals surface area contributed by atoms with Crippen LogP contribution in [0.3, 0.4) is 0 Å². The van der Waals surface area contributed by atoms with E-state index in [0.29, 0.717) is 38.6 Å². The van der Waals surface area contributed by atoms with E-state index in [-0.39, 0.29) is 36.7 Å². The molecule has 1 rings (SSSR count). The summed E-state index contributed by atoms with van der Waals surface area (Å²) in [5, 5.41) is 109. The Bertz CT molecular complexity index is 1540. The second-order valence-electron chi connectivity index (χ2n) is 18.5. The summed E-state index contributed by atoms with van der Waals surface area (Å²) in [6.45, 7) is 30.4. The highest BCUT2D eigenvalue weighted by Crippen LogP contribution is 2.19. The molecule has 0 bridgehead atoms. The third-order valence-corrected chi connectivity index (χ3v) is 9.00. The number of nitrogens with one attached hydrogen (secondary N) is 1. The molecule has 18 N–H and O–H groups in total. The fourth-order valence-electron chi connectivity index (χ4n) is 1.99. The van der Waals surface area contributed by atoms with Crippen molar-refractivity contribution in [3.8, 4) is 0 Å². The maximum absolute atomic E-state index is 10.3. The van der Waals surface area contributed by atoms with Crippen molar-refractivity contribution in [2.24, 2.45) is 46.0 Å². The lowest BCUT2D eigenvalue weighted by Gasteiger charge is -2.18. The number of nitrogens with two attached hydrogens (primary N) is 2. The summed E-state index contributed by atoms with van der Waals surface area (Å²) in [6, 6.07) is -1.43. The summed E-state index contributed by atoms with van der Waals surface area (Å²) in [7, 11) is 0. The number of carboxylic acid groups (broad SMARTS) is 11. The largest absolute Gasteiger partial charge is 0.481 e. The van der Waals surface area contributed by atoms with Crippen LogP contribution in [0, 0.1) is 34.5 Å². The van der Waals surface area contributed by atoms with E-state index in [1.807, 2.05) is 13.8 Å². The van der Waals surface area contributed by atoms with E-state index in [2.05, 4.69) is 5.32 Å². The summed E-state index contributed by atoms with van der Waals surface area (Å²) in [4.78, 5) is 108. The molecule has 0 aromatic rings. The average Bonchev–Trinajstić information content (AvgIpc) is 3.75. The molecule has 0 spiro atoms. The van der Waals surface area contributed by atoms with E-state index in [1.165, 1.54) is 13.8 Å². The fraction of sp³-hybridized carbons (Fsp3) is 0.776. The lowest BCUT2D eigenvalue weighted by atomic mass is 9.89. The summed E-state index contributed by atoms with van der Waals surface area (Å²) >= 11 is 0. The molecule has 0 radical (unpaired) electrons. The average molecular weight is 1110 g/mol. The fourth-order valence-corrected chi connectivity index (χ4v) is 1.99. The van der Waals surface area contributed by atoms with Crippen LogP contribution >= 0.6 is 0 Å². The highest BCUT2D eigenvalue weighted by Gasteiger charge is 2.31. The zero-order valence-corrected chi connectivity index (χ0v) is 48.1. The minimum absolute atomic E-state index is 0.181. The van der Waals surface area contributed by atoms with Gasteiger partial charge in [-0.2, -0.15) is 0 Å². The second-order valence-corrected chi connectivity index (χ2v) is 18.5. The van der Waals surface area contributed by atoms with Crippen molar-refractivity contribution < 1.29 is 119 Å². The Morgan fingerprint density at radius 2 is 0.868 bits per heavy atom. The van der Waals surface area contributed by atoms with Crippen LogP contribution in [0.4, 0.5) is 0 Å². The quantitative estimate of drug-likeness (QED) is 0.0961. The number of carboxylic acids is 11. The Kier molecular flexibility index (Phi) is 65.5. The molecule has 0 aromatic heterocycles. The molecule has 1 saturated heterocycles. The second kappa shape index (κ2) is 53.8. The molecule has 0 aliphatic carbocycles. The van der Waals surface area contributed by atoms with E-state index >= 15 is 0 Å². The van der Waals surface area contributed by atoms with Gasteiger partial charge < -0.3 is 83.2 Å². The molecule has 0 aromatic carbocycles. The van der Waals surface area contributed by atoms with Crippen LogP contribution in [0.25, 0.3) is 0 Å². The first-order chi connectivity index (χ1) is 34.1. The van der Waals surface area contributed by atoms with Gasteiger partial charge in [-0.3, -0.25) is 52.7 Å². The molecule has 76 heavy (non-hydrogen) atoms. The molecule has 27 heteroatoms. The van der Waals surface area contributed by atoms with Gasteiger partial charge in [0, 0.05) is 12.8 Å². The van der Waals surface area contributed by atoms with Crippen molar-refractivity contribution in [3.63, 3.8) is 0 Å². The Balaban J connectivity index is -0.0000000792. The van der Waals surface area contributed by atoms with Crippen molar-refractivity contribution in [3.05, 3.63) is 0 Å². The van der Waals surface area contributed by atoms with Crippen LogP contribution < -0.4 is 16.8 Å². The number of aliphatic carboxylic acids is 11. The molecule has 1 fully saturated rings. The molecule has 1 aliphatic rings. The van der Waals surface area contributed by atoms with Crippen LogP contribution in [0.2, 0.25) is 0 Å². The van der Waals surface area contributed by atoms with Gasteiger partial charge in [-0.1, -0.05) is 90.0 Å². The molecule has 0 saturated carbocycles. The van der Waals surface area contributed by atoms with Crippen molar-refractivity contribution >= 4 is 65.7 Å². The molecular formula is C49H99N3O24. The molecule has 27 nitrogen and oxygen atoms in total. The van der Waals surface area contributed by atoms with E-state index in [9.17, 15) is 52.7 Å². The Morgan fingerprint density at radius 1 is 0.539 bits per heavy atom. The maximum Gasteiger partial charge on any atom is 0.323 e. The van der Waals surface area contributed by atoms with Crippen molar-refractivity contribution in [1.82, 2.24) is 5.32 Å². The summed E-state index contributed by atoms with van der Waals surface area (Å²) < 4.78 is 0. The Hall–Kier alpha value is -6.03.